The van der Waals surface area contributed by atoms with Gasteiger partial charge in [-0.15, -0.1) is 11.3 Å². The molecule has 1 aromatic heterocycles. The van der Waals surface area contributed by atoms with Crippen molar-refractivity contribution in [2.24, 2.45) is 0 Å². The van der Waals surface area contributed by atoms with Gasteiger partial charge in [-0.3, -0.25) is 4.79 Å². The van der Waals surface area contributed by atoms with Gasteiger partial charge in [-0.25, -0.2) is 0 Å². The molecule has 2 aromatic carbocycles. The molecule has 0 aliphatic rings. The third kappa shape index (κ3) is 5.03. The van der Waals surface area contributed by atoms with Crippen LogP contribution in [0, 0.1) is 13.8 Å². The highest BCUT2D eigenvalue weighted by Gasteiger charge is 2.10. The van der Waals surface area contributed by atoms with Crippen LogP contribution in [-0.4, -0.2) is 12.9 Å². The fourth-order valence-corrected chi connectivity index (χ4v) is 3.90. The number of carbonyl (C=O) groups is 1. The predicted octanol–water partition coefficient (Wildman–Crippen LogP) is 6.50. The molecule has 0 N–H and O–H groups in total. The van der Waals surface area contributed by atoms with Gasteiger partial charge in [0.15, 0.2) is 5.78 Å². The SMILES string of the molecule is COc1ccc(/C=C/C(=O)c2cc(C)sc2C)cc1COc1ccc(Cl)cc1. The Balaban J connectivity index is 1.75. The van der Waals surface area contributed by atoms with Crippen molar-refractivity contribution in [1.29, 1.82) is 0 Å². The number of aryl methyl sites for hydroxylation is 2. The highest BCUT2D eigenvalue weighted by molar-refractivity contribution is 7.12. The number of hydrogen-bond donors (Lipinski definition) is 0. The van der Waals surface area contributed by atoms with Crippen LogP contribution in [0.5, 0.6) is 11.5 Å². The first kappa shape index (κ1) is 20.2. The van der Waals surface area contributed by atoms with Crippen molar-refractivity contribution in [2.45, 2.75) is 20.5 Å². The molecule has 28 heavy (non-hydrogen) atoms. The second-order valence-corrected chi connectivity index (χ2v) is 8.24. The lowest BCUT2D eigenvalue weighted by Crippen LogP contribution is -1.99. The van der Waals surface area contributed by atoms with Crippen LogP contribution in [0.15, 0.2) is 54.6 Å². The molecule has 3 nitrogen and oxygen atoms in total. The van der Waals surface area contributed by atoms with Gasteiger partial charge in [-0.1, -0.05) is 23.7 Å². The third-order valence-corrected chi connectivity index (χ3v) is 5.46. The Hall–Kier alpha value is -2.56. The summed E-state index contributed by atoms with van der Waals surface area (Å²) in [6, 6.07) is 14.9. The van der Waals surface area contributed by atoms with Gasteiger partial charge in [0.25, 0.3) is 0 Å². The molecule has 0 saturated carbocycles. The first-order valence-corrected chi connectivity index (χ1v) is 10.0. The number of allylic oxidation sites excluding steroid dienone is 1. The topological polar surface area (TPSA) is 35.5 Å². The second-order valence-electron chi connectivity index (χ2n) is 6.34. The Kier molecular flexibility index (Phi) is 6.55. The predicted molar refractivity (Wildman–Crippen MR) is 116 cm³/mol. The minimum atomic E-state index is 0.0108. The standard InChI is InChI=1S/C23H21ClO3S/c1-15-12-21(16(2)28-15)22(25)10-4-17-5-11-23(26-3)18(13-17)14-27-20-8-6-19(24)7-9-20/h4-13H,14H2,1-3H3/b10-4+. The molecular formula is C23H21ClO3S. The summed E-state index contributed by atoms with van der Waals surface area (Å²) in [5, 5.41) is 0.665. The number of rotatable bonds is 7. The monoisotopic (exact) mass is 412 g/mol. The van der Waals surface area contributed by atoms with Crippen molar-refractivity contribution >= 4 is 34.8 Å². The lowest BCUT2D eigenvalue weighted by atomic mass is 10.1. The van der Waals surface area contributed by atoms with Crippen LogP contribution in [0.4, 0.5) is 0 Å². The van der Waals surface area contributed by atoms with Gasteiger partial charge in [0.05, 0.1) is 7.11 Å². The van der Waals surface area contributed by atoms with Crippen molar-refractivity contribution in [1.82, 2.24) is 0 Å². The number of benzene rings is 2. The molecule has 3 rings (SSSR count). The summed E-state index contributed by atoms with van der Waals surface area (Å²) in [6.45, 7) is 4.33. The van der Waals surface area contributed by atoms with E-state index in [2.05, 4.69) is 0 Å². The van der Waals surface area contributed by atoms with Crippen molar-refractivity contribution in [3.63, 3.8) is 0 Å². The van der Waals surface area contributed by atoms with Crippen LogP contribution in [0.2, 0.25) is 5.02 Å². The summed E-state index contributed by atoms with van der Waals surface area (Å²) in [7, 11) is 1.63. The summed E-state index contributed by atoms with van der Waals surface area (Å²) in [6.07, 6.45) is 3.43. The quantitative estimate of drug-likeness (QED) is 0.328. The minimum absolute atomic E-state index is 0.0108. The van der Waals surface area contributed by atoms with E-state index in [1.54, 1.807) is 36.7 Å². The molecule has 0 spiro atoms. The lowest BCUT2D eigenvalue weighted by molar-refractivity contribution is 0.104. The number of halogens is 1. The molecule has 0 amide bonds. The lowest BCUT2D eigenvalue weighted by Gasteiger charge is -2.11. The first-order valence-electron chi connectivity index (χ1n) is 8.81. The van der Waals surface area contributed by atoms with Crippen LogP contribution < -0.4 is 9.47 Å². The van der Waals surface area contributed by atoms with E-state index in [1.165, 1.54) is 0 Å². The molecule has 0 unspecified atom stereocenters. The van der Waals surface area contributed by atoms with E-state index in [0.717, 1.165) is 37.9 Å². The fourth-order valence-electron chi connectivity index (χ4n) is 2.84. The van der Waals surface area contributed by atoms with E-state index in [4.69, 9.17) is 21.1 Å². The average molecular weight is 413 g/mol. The number of carbonyl (C=O) groups excluding carboxylic acids is 1. The summed E-state index contributed by atoms with van der Waals surface area (Å²) in [5.41, 5.74) is 2.57. The molecule has 0 fully saturated rings. The molecule has 144 valence electrons. The van der Waals surface area contributed by atoms with E-state index < -0.39 is 0 Å². The van der Waals surface area contributed by atoms with Gasteiger partial charge in [0.1, 0.15) is 18.1 Å². The largest absolute Gasteiger partial charge is 0.496 e. The Labute approximate surface area is 174 Å². The normalized spacial score (nSPS) is 11.0. The smallest absolute Gasteiger partial charge is 0.186 e. The zero-order valence-electron chi connectivity index (χ0n) is 16.0. The molecule has 0 radical (unpaired) electrons. The van der Waals surface area contributed by atoms with Crippen molar-refractivity contribution < 1.29 is 14.3 Å². The molecule has 3 aromatic rings. The maximum absolute atomic E-state index is 12.5. The van der Waals surface area contributed by atoms with Gasteiger partial charge in [-0.2, -0.15) is 0 Å². The van der Waals surface area contributed by atoms with E-state index in [1.807, 2.05) is 56.3 Å². The first-order chi connectivity index (χ1) is 13.5. The third-order valence-electron chi connectivity index (χ3n) is 4.25. The average Bonchev–Trinajstić information content (AvgIpc) is 3.04. The Morgan fingerprint density at radius 1 is 1.11 bits per heavy atom. The van der Waals surface area contributed by atoms with Crippen LogP contribution in [0.3, 0.4) is 0 Å². The molecule has 0 bridgehead atoms. The van der Waals surface area contributed by atoms with Crippen LogP contribution >= 0.6 is 22.9 Å². The van der Waals surface area contributed by atoms with Gasteiger partial charge >= 0.3 is 0 Å². The molecule has 5 heteroatoms. The van der Waals surface area contributed by atoms with Gasteiger partial charge in [-0.05, 0) is 68.0 Å². The minimum Gasteiger partial charge on any atom is -0.496 e. The van der Waals surface area contributed by atoms with E-state index in [9.17, 15) is 4.79 Å². The Morgan fingerprint density at radius 2 is 1.86 bits per heavy atom. The number of ether oxygens (including phenoxy) is 2. The number of thiophene rings is 1. The molecular weight excluding hydrogens is 392 g/mol. The van der Waals surface area contributed by atoms with Crippen LogP contribution in [0.1, 0.15) is 31.2 Å². The van der Waals surface area contributed by atoms with Crippen molar-refractivity contribution in [3.05, 3.63) is 86.1 Å². The Morgan fingerprint density at radius 3 is 2.50 bits per heavy atom. The maximum atomic E-state index is 12.5. The van der Waals surface area contributed by atoms with E-state index >= 15 is 0 Å². The molecule has 0 aliphatic heterocycles. The highest BCUT2D eigenvalue weighted by atomic mass is 35.5. The van der Waals surface area contributed by atoms with Gasteiger partial charge < -0.3 is 9.47 Å². The van der Waals surface area contributed by atoms with Crippen LogP contribution in [-0.2, 0) is 6.61 Å². The molecule has 0 saturated heterocycles. The molecule has 0 atom stereocenters. The zero-order chi connectivity index (χ0) is 20.1. The summed E-state index contributed by atoms with van der Waals surface area (Å²) in [4.78, 5) is 14.6. The van der Waals surface area contributed by atoms with E-state index in [-0.39, 0.29) is 5.78 Å². The summed E-state index contributed by atoms with van der Waals surface area (Å²) >= 11 is 7.54. The van der Waals surface area contributed by atoms with Crippen molar-refractivity contribution in [2.75, 3.05) is 7.11 Å². The number of ketones is 1. The maximum Gasteiger partial charge on any atom is 0.186 e. The summed E-state index contributed by atoms with van der Waals surface area (Å²) in [5.74, 6) is 1.48. The van der Waals surface area contributed by atoms with E-state index in [0.29, 0.717) is 11.6 Å². The zero-order valence-corrected chi connectivity index (χ0v) is 17.6. The molecule has 1 heterocycles. The number of hydrogen-bond acceptors (Lipinski definition) is 4. The van der Waals surface area contributed by atoms with Gasteiger partial charge in [0.2, 0.25) is 0 Å². The summed E-state index contributed by atoms with van der Waals surface area (Å²) < 4.78 is 11.3. The Bertz CT molecular complexity index is 1000. The van der Waals surface area contributed by atoms with Crippen molar-refractivity contribution in [3.8, 4) is 11.5 Å². The van der Waals surface area contributed by atoms with Gasteiger partial charge in [0, 0.05) is 25.9 Å². The fraction of sp³-hybridized carbons (Fsp3) is 0.174. The second kappa shape index (κ2) is 9.09. The molecule has 0 aliphatic carbocycles. The highest BCUT2D eigenvalue weighted by Crippen LogP contribution is 2.25. The number of methoxy groups -OCH3 is 1. The van der Waals surface area contributed by atoms with Crippen LogP contribution in [0.25, 0.3) is 6.08 Å².